The van der Waals surface area contributed by atoms with Gasteiger partial charge in [-0.05, 0) is 55.0 Å². The van der Waals surface area contributed by atoms with Gasteiger partial charge in [0.2, 0.25) is 0 Å². The van der Waals surface area contributed by atoms with E-state index < -0.39 is 10.0 Å². The Labute approximate surface area is 172 Å². The number of carbonyl (C=O) groups is 1. The summed E-state index contributed by atoms with van der Waals surface area (Å²) in [6, 6.07) is 12.1. The monoisotopic (exact) mass is 414 g/mol. The molecular weight excluding hydrogens is 388 g/mol. The predicted octanol–water partition coefficient (Wildman–Crippen LogP) is 3.32. The van der Waals surface area contributed by atoms with E-state index in [9.17, 15) is 13.2 Å². The highest BCUT2D eigenvalue weighted by Gasteiger charge is 2.32. The van der Waals surface area contributed by atoms with Gasteiger partial charge in [0.15, 0.2) is 0 Å². The number of carbonyl (C=O) groups excluding carboxylic acids is 1. The summed E-state index contributed by atoms with van der Waals surface area (Å²) in [7, 11) is -2.27. The Bertz CT molecular complexity index is 1030. The Morgan fingerprint density at radius 3 is 2.69 bits per heavy atom. The Balaban J connectivity index is 1.70. The lowest BCUT2D eigenvalue weighted by Gasteiger charge is -2.31. The summed E-state index contributed by atoms with van der Waals surface area (Å²) in [5, 5.41) is 0. The molecule has 6 nitrogen and oxygen atoms in total. The maximum atomic E-state index is 13.4. The van der Waals surface area contributed by atoms with E-state index in [1.807, 2.05) is 24.3 Å². The van der Waals surface area contributed by atoms with Crippen LogP contribution in [0.3, 0.4) is 0 Å². The fourth-order valence-corrected chi connectivity index (χ4v) is 5.77. The highest BCUT2D eigenvalue weighted by Crippen LogP contribution is 2.34. The Kier molecular flexibility index (Phi) is 5.25. The number of fused-ring (bicyclic) bond motifs is 1. The second-order valence-corrected chi connectivity index (χ2v) is 9.68. The van der Waals surface area contributed by atoms with Crippen LogP contribution in [-0.2, 0) is 16.4 Å². The van der Waals surface area contributed by atoms with Crippen molar-refractivity contribution in [3.05, 3.63) is 53.6 Å². The number of benzene rings is 2. The average molecular weight is 415 g/mol. The summed E-state index contributed by atoms with van der Waals surface area (Å²) in [6.45, 7) is 3.89. The van der Waals surface area contributed by atoms with E-state index in [0.717, 1.165) is 18.4 Å². The zero-order chi connectivity index (χ0) is 20.6. The number of anilines is 1. The van der Waals surface area contributed by atoms with Crippen LogP contribution in [0, 0.1) is 5.92 Å². The summed E-state index contributed by atoms with van der Waals surface area (Å²) in [5.74, 6) is 0.660. The first-order valence-corrected chi connectivity index (χ1v) is 11.4. The minimum Gasteiger partial charge on any atom is -0.496 e. The first kappa shape index (κ1) is 19.8. The van der Waals surface area contributed by atoms with Crippen LogP contribution in [0.2, 0.25) is 0 Å². The molecule has 2 aromatic rings. The topological polar surface area (TPSA) is 66.9 Å². The van der Waals surface area contributed by atoms with Crippen molar-refractivity contribution in [2.45, 2.75) is 31.1 Å². The Morgan fingerprint density at radius 2 is 1.93 bits per heavy atom. The van der Waals surface area contributed by atoms with Gasteiger partial charge in [-0.25, -0.2) is 8.42 Å². The van der Waals surface area contributed by atoms with Crippen molar-refractivity contribution >= 4 is 21.6 Å². The van der Waals surface area contributed by atoms with Gasteiger partial charge in [0, 0.05) is 19.6 Å². The number of nitrogens with zero attached hydrogens (tertiary/aromatic N) is 2. The van der Waals surface area contributed by atoms with Gasteiger partial charge in [-0.1, -0.05) is 25.1 Å². The molecule has 0 spiro atoms. The van der Waals surface area contributed by atoms with E-state index in [1.165, 1.54) is 23.5 Å². The first-order chi connectivity index (χ1) is 13.9. The molecule has 7 heteroatoms. The molecule has 0 aromatic heterocycles. The van der Waals surface area contributed by atoms with Gasteiger partial charge in [0.1, 0.15) is 5.75 Å². The van der Waals surface area contributed by atoms with E-state index in [-0.39, 0.29) is 10.8 Å². The molecule has 154 valence electrons. The smallest absolute Gasteiger partial charge is 0.264 e. The molecule has 1 amide bonds. The summed E-state index contributed by atoms with van der Waals surface area (Å²) in [4.78, 5) is 15.1. The van der Waals surface area contributed by atoms with Crippen LogP contribution in [0.25, 0.3) is 0 Å². The van der Waals surface area contributed by atoms with Gasteiger partial charge in [-0.3, -0.25) is 9.10 Å². The SMILES string of the molecule is COc1ccc(S(=O)(=O)N2CCc3ccccc32)cc1C(=O)N1CCC[C@@H](C)C1. The van der Waals surface area contributed by atoms with Crippen LogP contribution in [-0.4, -0.2) is 46.0 Å². The number of hydrogen-bond donors (Lipinski definition) is 0. The highest BCUT2D eigenvalue weighted by molar-refractivity contribution is 7.92. The normalized spacial score (nSPS) is 19.2. The molecule has 1 fully saturated rings. The van der Waals surface area contributed by atoms with Crippen molar-refractivity contribution in [3.8, 4) is 5.75 Å². The number of para-hydroxylation sites is 1. The van der Waals surface area contributed by atoms with Crippen molar-refractivity contribution in [2.75, 3.05) is 31.0 Å². The molecule has 0 N–H and O–H groups in total. The Hall–Kier alpha value is -2.54. The molecule has 4 rings (SSSR count). The zero-order valence-electron chi connectivity index (χ0n) is 16.8. The average Bonchev–Trinajstić information content (AvgIpc) is 3.17. The largest absolute Gasteiger partial charge is 0.496 e. The molecular formula is C22H26N2O4S. The lowest BCUT2D eigenvalue weighted by Crippen LogP contribution is -2.39. The summed E-state index contributed by atoms with van der Waals surface area (Å²) < 4.78 is 33.5. The minimum absolute atomic E-state index is 0.114. The number of rotatable bonds is 4. The van der Waals surface area contributed by atoms with E-state index >= 15 is 0 Å². The van der Waals surface area contributed by atoms with Crippen molar-refractivity contribution in [2.24, 2.45) is 5.92 Å². The molecule has 0 aliphatic carbocycles. The third-order valence-electron chi connectivity index (χ3n) is 5.78. The first-order valence-electron chi connectivity index (χ1n) is 10.00. The van der Waals surface area contributed by atoms with Crippen molar-refractivity contribution in [1.29, 1.82) is 0 Å². The molecule has 29 heavy (non-hydrogen) atoms. The molecule has 0 bridgehead atoms. The van der Waals surface area contributed by atoms with Gasteiger partial charge < -0.3 is 9.64 Å². The number of sulfonamides is 1. The van der Waals surface area contributed by atoms with E-state index in [0.29, 0.717) is 49.0 Å². The van der Waals surface area contributed by atoms with E-state index in [1.54, 1.807) is 11.0 Å². The molecule has 0 saturated carbocycles. The van der Waals surface area contributed by atoms with Crippen LogP contribution in [0.15, 0.2) is 47.4 Å². The quantitative estimate of drug-likeness (QED) is 0.770. The lowest BCUT2D eigenvalue weighted by molar-refractivity contribution is 0.0679. The van der Waals surface area contributed by atoms with Crippen LogP contribution in [0.5, 0.6) is 5.75 Å². The molecule has 2 aromatic carbocycles. The van der Waals surface area contributed by atoms with Crippen molar-refractivity contribution in [3.63, 3.8) is 0 Å². The van der Waals surface area contributed by atoms with Crippen molar-refractivity contribution in [1.82, 2.24) is 4.90 Å². The van der Waals surface area contributed by atoms with Gasteiger partial charge in [0.25, 0.3) is 15.9 Å². The van der Waals surface area contributed by atoms with E-state index in [2.05, 4.69) is 6.92 Å². The number of piperidine rings is 1. The van der Waals surface area contributed by atoms with Crippen LogP contribution in [0.4, 0.5) is 5.69 Å². The van der Waals surface area contributed by atoms with Crippen LogP contribution >= 0.6 is 0 Å². The second-order valence-electron chi connectivity index (χ2n) is 7.82. The van der Waals surface area contributed by atoms with Gasteiger partial charge in [-0.15, -0.1) is 0 Å². The molecule has 1 atom stereocenters. The molecule has 0 unspecified atom stereocenters. The number of amides is 1. The van der Waals surface area contributed by atoms with Crippen LogP contribution in [0.1, 0.15) is 35.7 Å². The summed E-state index contributed by atoms with van der Waals surface area (Å²) >= 11 is 0. The highest BCUT2D eigenvalue weighted by atomic mass is 32.2. The second kappa shape index (κ2) is 7.71. The summed E-state index contributed by atoms with van der Waals surface area (Å²) in [5.41, 5.74) is 2.03. The number of methoxy groups -OCH3 is 1. The number of hydrogen-bond acceptors (Lipinski definition) is 4. The van der Waals surface area contributed by atoms with Crippen molar-refractivity contribution < 1.29 is 17.9 Å². The maximum absolute atomic E-state index is 13.4. The number of ether oxygens (including phenoxy) is 1. The number of likely N-dealkylation sites (tertiary alicyclic amines) is 1. The fourth-order valence-electron chi connectivity index (χ4n) is 4.24. The Morgan fingerprint density at radius 1 is 1.14 bits per heavy atom. The van der Waals surface area contributed by atoms with Gasteiger partial charge in [0.05, 0.1) is 23.3 Å². The molecule has 1 saturated heterocycles. The minimum atomic E-state index is -3.77. The lowest BCUT2D eigenvalue weighted by atomic mass is 9.99. The molecule has 2 aliphatic rings. The summed E-state index contributed by atoms with van der Waals surface area (Å²) in [6.07, 6.45) is 2.74. The predicted molar refractivity (Wildman–Crippen MR) is 112 cm³/mol. The van der Waals surface area contributed by atoms with E-state index in [4.69, 9.17) is 4.74 Å². The molecule has 2 heterocycles. The standard InChI is InChI=1S/C22H26N2O4S/c1-16-6-5-12-23(15-16)22(25)19-14-18(9-10-21(19)28-2)29(26,27)24-13-11-17-7-3-4-8-20(17)24/h3-4,7-10,14,16H,5-6,11-13,15H2,1-2H3/t16-/m1/s1. The van der Waals surface area contributed by atoms with Gasteiger partial charge >= 0.3 is 0 Å². The molecule has 2 aliphatic heterocycles. The zero-order valence-corrected chi connectivity index (χ0v) is 17.6. The maximum Gasteiger partial charge on any atom is 0.264 e. The third kappa shape index (κ3) is 3.59. The fraction of sp³-hybridized carbons (Fsp3) is 0.409. The van der Waals surface area contributed by atoms with Crippen LogP contribution < -0.4 is 9.04 Å². The molecule has 0 radical (unpaired) electrons. The third-order valence-corrected chi connectivity index (χ3v) is 7.59. The van der Waals surface area contributed by atoms with Gasteiger partial charge in [-0.2, -0.15) is 0 Å².